The van der Waals surface area contributed by atoms with Crippen LogP contribution >= 0.6 is 7.82 Å². The van der Waals surface area contributed by atoms with Crippen LogP contribution in [0.5, 0.6) is 0 Å². The summed E-state index contributed by atoms with van der Waals surface area (Å²) >= 11 is 0. The number of hydrogen-bond donors (Lipinski definition) is 2. The van der Waals surface area contributed by atoms with Gasteiger partial charge in [0.15, 0.2) is 0 Å². The molecule has 79 heavy (non-hydrogen) atoms. The number of amides is 1. The number of unbranched alkanes of at least 4 members (excludes halogenated alkanes) is 39. The predicted octanol–water partition coefficient (Wildman–Crippen LogP) is 21.0. The molecule has 10 heteroatoms. The maximum atomic E-state index is 13.6. The number of ether oxygens (including phenoxy) is 1. The van der Waals surface area contributed by atoms with E-state index in [9.17, 15) is 19.0 Å². The maximum absolute atomic E-state index is 13.6. The summed E-state index contributed by atoms with van der Waals surface area (Å²) in [5.41, 5.74) is 0. The highest BCUT2D eigenvalue weighted by Gasteiger charge is 2.30. The molecule has 3 atom stereocenters. The summed E-state index contributed by atoms with van der Waals surface area (Å²) in [5.74, 6) is -0.510. The van der Waals surface area contributed by atoms with Crippen molar-refractivity contribution < 1.29 is 37.3 Å². The van der Waals surface area contributed by atoms with Gasteiger partial charge in [0.05, 0.1) is 33.8 Å². The van der Waals surface area contributed by atoms with Gasteiger partial charge in [0.2, 0.25) is 5.91 Å². The van der Waals surface area contributed by atoms with Crippen molar-refractivity contribution in [3.05, 3.63) is 60.8 Å². The largest absolute Gasteiger partial charge is 0.472 e. The lowest BCUT2D eigenvalue weighted by atomic mass is 10.0. The number of carbonyl (C=O) groups is 2. The van der Waals surface area contributed by atoms with E-state index in [4.69, 9.17) is 13.8 Å². The Bertz CT molecular complexity index is 1540. The van der Waals surface area contributed by atoms with E-state index in [-0.39, 0.29) is 31.5 Å². The molecule has 9 nitrogen and oxygen atoms in total. The highest BCUT2D eigenvalue weighted by molar-refractivity contribution is 7.47. The second-order valence-corrected chi connectivity index (χ2v) is 25.5. The molecule has 0 bridgehead atoms. The standard InChI is InChI=1S/C69H129N2O7P/c1-7-10-13-16-19-22-25-27-29-30-31-32-33-34-35-36-37-38-39-40-42-43-46-49-52-55-58-61-68(72)70-66(65-77-79(74,75)76-64-63-71(4,5)6)67(60-57-54-51-48-45-24-21-18-15-12-9-3)78-69(73)62-59-56-53-50-47-44-41-28-26-23-20-17-14-11-8-2/h11,14,17,20,23,26-27,29,57,60,66-67H,7-10,12-13,15-16,18-19,21-22,24-25,28,30-56,58-59,61-65H2,1-6H3,(H-,70,72,74,75)/p+1/b14-11+,20-17+,26-23+,29-27+,60-57-. The number of nitrogens with one attached hydrogen (secondary N) is 1. The van der Waals surface area contributed by atoms with Crippen LogP contribution in [0.15, 0.2) is 60.8 Å². The molecule has 0 heterocycles. The van der Waals surface area contributed by atoms with Gasteiger partial charge in [-0.1, -0.05) is 287 Å². The van der Waals surface area contributed by atoms with E-state index >= 15 is 0 Å². The number of phosphoric ester groups is 1. The molecule has 2 N–H and O–H groups in total. The average molecular weight is 1130 g/mol. The minimum atomic E-state index is -4.45. The van der Waals surface area contributed by atoms with Crippen molar-refractivity contribution in [3.8, 4) is 0 Å². The fraction of sp³-hybridized carbons (Fsp3) is 0.826. The molecule has 0 aromatic carbocycles. The molecule has 3 unspecified atom stereocenters. The maximum Gasteiger partial charge on any atom is 0.472 e. The van der Waals surface area contributed by atoms with Crippen LogP contribution in [-0.2, 0) is 27.9 Å². The Kier molecular flexibility index (Phi) is 57.2. The van der Waals surface area contributed by atoms with Gasteiger partial charge in [0.25, 0.3) is 0 Å². The van der Waals surface area contributed by atoms with E-state index in [0.717, 1.165) is 77.0 Å². The van der Waals surface area contributed by atoms with Crippen molar-refractivity contribution in [1.29, 1.82) is 0 Å². The highest BCUT2D eigenvalue weighted by atomic mass is 31.2. The van der Waals surface area contributed by atoms with Crippen LogP contribution in [-0.4, -0.2) is 74.3 Å². The van der Waals surface area contributed by atoms with E-state index < -0.39 is 20.0 Å². The highest BCUT2D eigenvalue weighted by Crippen LogP contribution is 2.43. The third kappa shape index (κ3) is 60.1. The van der Waals surface area contributed by atoms with Crippen molar-refractivity contribution in [2.45, 2.75) is 328 Å². The van der Waals surface area contributed by atoms with Crippen LogP contribution in [0.4, 0.5) is 0 Å². The average Bonchev–Trinajstić information content (AvgIpc) is 3.41. The fourth-order valence-electron chi connectivity index (χ4n) is 9.82. The van der Waals surface area contributed by atoms with E-state index in [1.165, 1.54) is 205 Å². The van der Waals surface area contributed by atoms with Crippen LogP contribution in [0.2, 0.25) is 0 Å². The van der Waals surface area contributed by atoms with Crippen LogP contribution < -0.4 is 5.32 Å². The molecule has 0 spiro atoms. The molecule has 462 valence electrons. The van der Waals surface area contributed by atoms with Crippen LogP contribution in [0.1, 0.15) is 316 Å². The summed E-state index contributed by atoms with van der Waals surface area (Å²) in [6, 6.07) is -0.853. The molecule has 0 rings (SSSR count). The van der Waals surface area contributed by atoms with Crippen molar-refractivity contribution in [1.82, 2.24) is 5.32 Å². The van der Waals surface area contributed by atoms with Gasteiger partial charge < -0.3 is 19.4 Å². The first-order chi connectivity index (χ1) is 38.4. The Balaban J connectivity index is 4.97. The van der Waals surface area contributed by atoms with Crippen molar-refractivity contribution >= 4 is 19.7 Å². The van der Waals surface area contributed by atoms with Crippen molar-refractivity contribution in [2.24, 2.45) is 0 Å². The van der Waals surface area contributed by atoms with Crippen LogP contribution in [0.3, 0.4) is 0 Å². The number of nitrogens with zero attached hydrogens (tertiary/aromatic N) is 1. The normalized spacial score (nSPS) is 14.0. The fourth-order valence-corrected chi connectivity index (χ4v) is 10.6. The molecule has 1 amide bonds. The number of rotatable bonds is 61. The number of phosphoric acid groups is 1. The first kappa shape index (κ1) is 76.7. The molecular formula is C69H130N2O7P+. The molecular weight excluding hydrogens is 1000 g/mol. The predicted molar refractivity (Wildman–Crippen MR) is 342 cm³/mol. The van der Waals surface area contributed by atoms with E-state index in [0.29, 0.717) is 17.4 Å². The SMILES string of the molecule is CC/C=C/C=C/C=C/CCCCCCCCCC(=O)OC(/C=C\CCCCCCCCCCC)C(COP(=O)(O)OCC[N+](C)(C)C)NC(=O)CCCCCCCCCCCCCCCCCCC/C=C/CCCCCCCC. The van der Waals surface area contributed by atoms with E-state index in [1.54, 1.807) is 0 Å². The van der Waals surface area contributed by atoms with Gasteiger partial charge in [-0.25, -0.2) is 4.57 Å². The third-order valence-corrected chi connectivity index (χ3v) is 16.0. The van der Waals surface area contributed by atoms with E-state index in [1.807, 2.05) is 33.3 Å². The zero-order chi connectivity index (χ0) is 57.9. The number of carbonyl (C=O) groups excluding carboxylic acids is 2. The van der Waals surface area contributed by atoms with Gasteiger partial charge in [-0.15, -0.1) is 0 Å². The summed E-state index contributed by atoms with van der Waals surface area (Å²) in [5, 5.41) is 3.06. The number of likely N-dealkylation sites (N-methyl/N-ethyl adjacent to an activating group) is 1. The Morgan fingerprint density at radius 3 is 1.24 bits per heavy atom. The Hall–Kier alpha value is -2.29. The summed E-state index contributed by atoms with van der Waals surface area (Å²) in [6.07, 6.45) is 75.3. The van der Waals surface area contributed by atoms with Crippen molar-refractivity contribution in [3.63, 3.8) is 0 Å². The minimum absolute atomic E-state index is 0.0380. The Morgan fingerprint density at radius 1 is 0.456 bits per heavy atom. The molecule has 0 fully saturated rings. The molecule has 0 radical (unpaired) electrons. The minimum Gasteiger partial charge on any atom is -0.456 e. The second-order valence-electron chi connectivity index (χ2n) is 24.0. The third-order valence-electron chi connectivity index (χ3n) is 15.0. The van der Waals surface area contributed by atoms with Gasteiger partial charge in [0.1, 0.15) is 19.3 Å². The summed E-state index contributed by atoms with van der Waals surface area (Å²) in [7, 11) is 1.49. The zero-order valence-electron chi connectivity index (χ0n) is 52.9. The van der Waals surface area contributed by atoms with Gasteiger partial charge in [0, 0.05) is 12.8 Å². The van der Waals surface area contributed by atoms with Crippen molar-refractivity contribution in [2.75, 3.05) is 40.9 Å². The van der Waals surface area contributed by atoms with Gasteiger partial charge in [-0.3, -0.25) is 18.6 Å². The molecule has 0 aliphatic heterocycles. The quantitative estimate of drug-likeness (QED) is 0.0156. The zero-order valence-corrected chi connectivity index (χ0v) is 53.8. The summed E-state index contributed by atoms with van der Waals surface area (Å²) in [4.78, 5) is 37.7. The molecule has 0 aromatic heterocycles. The first-order valence-electron chi connectivity index (χ1n) is 33.6. The molecule has 0 aliphatic carbocycles. The van der Waals surface area contributed by atoms with E-state index in [2.05, 4.69) is 74.7 Å². The first-order valence-corrected chi connectivity index (χ1v) is 35.1. The van der Waals surface area contributed by atoms with Crippen LogP contribution in [0, 0.1) is 0 Å². The van der Waals surface area contributed by atoms with Gasteiger partial charge >= 0.3 is 13.8 Å². The van der Waals surface area contributed by atoms with Gasteiger partial charge in [-0.05, 0) is 76.7 Å². The molecule has 0 aromatic rings. The lowest BCUT2D eigenvalue weighted by Gasteiger charge is -2.27. The summed E-state index contributed by atoms with van der Waals surface area (Å²) in [6.45, 7) is 6.89. The second kappa shape index (κ2) is 58.9. The molecule has 0 saturated carbocycles. The number of esters is 1. The lowest BCUT2D eigenvalue weighted by molar-refractivity contribution is -0.870. The lowest BCUT2D eigenvalue weighted by Crippen LogP contribution is -2.47. The number of quaternary nitrogens is 1. The number of allylic oxidation sites excluding steroid dienone is 9. The molecule has 0 saturated heterocycles. The van der Waals surface area contributed by atoms with Crippen LogP contribution in [0.25, 0.3) is 0 Å². The summed E-state index contributed by atoms with van der Waals surface area (Å²) < 4.78 is 30.7. The Labute approximate surface area is 490 Å². The van der Waals surface area contributed by atoms with Gasteiger partial charge in [-0.2, -0.15) is 0 Å². The monoisotopic (exact) mass is 1130 g/mol. The smallest absolute Gasteiger partial charge is 0.456 e. The topological polar surface area (TPSA) is 111 Å². The number of hydrogen-bond acceptors (Lipinski definition) is 6. The molecule has 0 aliphatic rings. The Morgan fingerprint density at radius 2 is 0.823 bits per heavy atom.